The second-order valence-corrected chi connectivity index (χ2v) is 14.5. The SMILES string of the molecule is Nc1ncnc2c1c(-c1cccc(Oc3ccccc3)c1)cn2C1CCCC1.Nc1ncnc2c1c(-c1ccccc1Oc1ccccc1)cn2C1CCCC1. The number of benzene rings is 4. The van der Waals surface area contributed by atoms with Crippen molar-refractivity contribution in [3.63, 3.8) is 0 Å². The topological polar surface area (TPSA) is 132 Å². The highest BCUT2D eigenvalue weighted by molar-refractivity contribution is 6.02. The standard InChI is InChI=1S/2C23H22N4O/c24-22-21-20(14-27(17-8-4-5-9-17)23(21)26-15-25-22)16-7-6-12-19(13-16)28-18-10-2-1-3-11-18;24-22-21-19(14-27(16-8-4-5-9-16)23(21)26-15-25-22)18-12-6-7-13-20(18)28-17-10-2-1-3-11-17/h1-3,6-7,10-15,17H,4-5,8-9H2,(H2,24,25,26);1-3,6-7,10-16H,4-5,8-9H2,(H2,24,25,26). The molecule has 2 saturated carbocycles. The molecule has 10 heteroatoms. The average Bonchev–Trinajstić information content (AvgIpc) is 4.07. The summed E-state index contributed by atoms with van der Waals surface area (Å²) >= 11 is 0. The molecule has 2 aliphatic carbocycles. The minimum absolute atomic E-state index is 0.466. The lowest BCUT2D eigenvalue weighted by atomic mass is 10.0. The third-order valence-corrected chi connectivity index (χ3v) is 11.0. The molecule has 56 heavy (non-hydrogen) atoms. The average molecular weight is 741 g/mol. The van der Waals surface area contributed by atoms with Gasteiger partial charge in [0, 0.05) is 41.2 Å². The molecular formula is C46H44N8O2. The monoisotopic (exact) mass is 740 g/mol. The summed E-state index contributed by atoms with van der Waals surface area (Å²) in [6, 6.07) is 36.7. The van der Waals surface area contributed by atoms with Crippen molar-refractivity contribution in [3.8, 4) is 45.3 Å². The van der Waals surface area contributed by atoms with E-state index in [0.717, 1.165) is 67.3 Å². The van der Waals surface area contributed by atoms with Gasteiger partial charge >= 0.3 is 0 Å². The van der Waals surface area contributed by atoms with E-state index in [1.807, 2.05) is 97.1 Å². The Labute approximate surface area is 325 Å². The molecule has 4 heterocycles. The first kappa shape index (κ1) is 35.0. The van der Waals surface area contributed by atoms with Crippen LogP contribution < -0.4 is 20.9 Å². The van der Waals surface area contributed by atoms with E-state index in [-0.39, 0.29) is 0 Å². The molecule has 0 atom stereocenters. The van der Waals surface area contributed by atoms with Crippen LogP contribution in [0.15, 0.2) is 134 Å². The predicted octanol–water partition coefficient (Wildman–Crippen LogP) is 11.2. The summed E-state index contributed by atoms with van der Waals surface area (Å²) in [6.07, 6.45) is 17.2. The first-order valence-electron chi connectivity index (χ1n) is 19.5. The van der Waals surface area contributed by atoms with Gasteiger partial charge in [0.1, 0.15) is 58.6 Å². The highest BCUT2D eigenvalue weighted by Crippen LogP contribution is 2.43. The fourth-order valence-electron chi connectivity index (χ4n) is 8.31. The fraction of sp³-hybridized carbons (Fsp3) is 0.217. The second-order valence-electron chi connectivity index (χ2n) is 14.5. The molecule has 8 aromatic rings. The van der Waals surface area contributed by atoms with E-state index in [4.69, 9.17) is 20.9 Å². The molecule has 0 unspecified atom stereocenters. The second kappa shape index (κ2) is 15.6. The van der Waals surface area contributed by atoms with Gasteiger partial charge in [0.25, 0.3) is 0 Å². The summed E-state index contributed by atoms with van der Waals surface area (Å²) in [5.74, 6) is 4.23. The van der Waals surface area contributed by atoms with Crippen LogP contribution in [0.3, 0.4) is 0 Å². The third-order valence-electron chi connectivity index (χ3n) is 11.0. The maximum absolute atomic E-state index is 6.30. The maximum atomic E-state index is 6.30. The molecular weight excluding hydrogens is 697 g/mol. The summed E-state index contributed by atoms with van der Waals surface area (Å²) in [5.41, 5.74) is 18.5. The van der Waals surface area contributed by atoms with Crippen molar-refractivity contribution in [1.82, 2.24) is 29.1 Å². The Kier molecular flexibility index (Phi) is 9.75. The highest BCUT2D eigenvalue weighted by atomic mass is 16.5. The van der Waals surface area contributed by atoms with Crippen molar-refractivity contribution in [2.24, 2.45) is 0 Å². The van der Waals surface area contributed by atoms with Crippen molar-refractivity contribution >= 4 is 33.7 Å². The number of anilines is 2. The van der Waals surface area contributed by atoms with E-state index in [9.17, 15) is 0 Å². The zero-order valence-corrected chi connectivity index (χ0v) is 31.2. The van der Waals surface area contributed by atoms with Gasteiger partial charge in [-0.05, 0) is 73.7 Å². The van der Waals surface area contributed by atoms with Crippen LogP contribution in [-0.4, -0.2) is 29.1 Å². The minimum Gasteiger partial charge on any atom is -0.457 e. The smallest absolute Gasteiger partial charge is 0.146 e. The molecule has 2 fully saturated rings. The zero-order chi connectivity index (χ0) is 37.8. The molecule has 0 amide bonds. The summed E-state index contributed by atoms with van der Waals surface area (Å²) in [4.78, 5) is 17.6. The van der Waals surface area contributed by atoms with Gasteiger partial charge in [-0.3, -0.25) is 0 Å². The van der Waals surface area contributed by atoms with Crippen LogP contribution >= 0.6 is 0 Å². The van der Waals surface area contributed by atoms with Gasteiger partial charge in [-0.15, -0.1) is 0 Å². The summed E-state index contributed by atoms with van der Waals surface area (Å²) in [7, 11) is 0. The molecule has 0 spiro atoms. The zero-order valence-electron chi connectivity index (χ0n) is 31.2. The molecule has 0 saturated heterocycles. The number of ether oxygens (including phenoxy) is 2. The van der Waals surface area contributed by atoms with E-state index in [2.05, 4.69) is 53.6 Å². The molecule has 10 nitrogen and oxygen atoms in total. The summed E-state index contributed by atoms with van der Waals surface area (Å²) < 4.78 is 16.8. The van der Waals surface area contributed by atoms with Crippen LogP contribution in [-0.2, 0) is 0 Å². The quantitative estimate of drug-likeness (QED) is 0.157. The number of fused-ring (bicyclic) bond motifs is 2. The van der Waals surface area contributed by atoms with Crippen LogP contribution in [0.4, 0.5) is 11.6 Å². The molecule has 0 bridgehead atoms. The number of nitrogens with two attached hydrogens (primary N) is 2. The van der Waals surface area contributed by atoms with Crippen LogP contribution in [0.2, 0.25) is 0 Å². The van der Waals surface area contributed by atoms with Crippen LogP contribution in [0.5, 0.6) is 23.0 Å². The van der Waals surface area contributed by atoms with Crippen molar-refractivity contribution in [3.05, 3.63) is 134 Å². The van der Waals surface area contributed by atoms with Gasteiger partial charge in [0.2, 0.25) is 0 Å². The molecule has 4 aromatic heterocycles. The van der Waals surface area contributed by atoms with Gasteiger partial charge in [-0.1, -0.05) is 92.4 Å². The summed E-state index contributed by atoms with van der Waals surface area (Å²) in [5, 5.41) is 1.82. The van der Waals surface area contributed by atoms with E-state index in [1.54, 1.807) is 12.7 Å². The van der Waals surface area contributed by atoms with Gasteiger partial charge in [0.15, 0.2) is 0 Å². The Morgan fingerprint density at radius 3 is 1.59 bits per heavy atom. The number of hydrogen-bond donors (Lipinski definition) is 2. The van der Waals surface area contributed by atoms with Gasteiger partial charge in [0.05, 0.1) is 10.8 Å². The van der Waals surface area contributed by atoms with E-state index in [1.165, 1.54) is 51.4 Å². The van der Waals surface area contributed by atoms with E-state index < -0.39 is 0 Å². The Bertz CT molecular complexity index is 2590. The van der Waals surface area contributed by atoms with Crippen LogP contribution in [0.25, 0.3) is 44.3 Å². The van der Waals surface area contributed by atoms with Gasteiger partial charge < -0.3 is 30.1 Å². The fourth-order valence-corrected chi connectivity index (χ4v) is 8.31. The molecule has 0 aliphatic heterocycles. The third kappa shape index (κ3) is 7.01. The van der Waals surface area contributed by atoms with Crippen molar-refractivity contribution in [2.45, 2.75) is 63.5 Å². The molecule has 4 aromatic carbocycles. The molecule has 2 aliphatic rings. The number of nitrogens with zero attached hydrogens (tertiary/aromatic N) is 6. The number of para-hydroxylation sites is 3. The number of hydrogen-bond acceptors (Lipinski definition) is 8. The first-order valence-corrected chi connectivity index (χ1v) is 19.5. The molecule has 0 radical (unpaired) electrons. The summed E-state index contributed by atoms with van der Waals surface area (Å²) in [6.45, 7) is 0. The Balaban J connectivity index is 0.000000146. The van der Waals surface area contributed by atoms with Crippen LogP contribution in [0.1, 0.15) is 63.5 Å². The predicted molar refractivity (Wildman–Crippen MR) is 223 cm³/mol. The molecule has 10 rings (SSSR count). The normalized spacial score (nSPS) is 14.6. The lowest BCUT2D eigenvalue weighted by Crippen LogP contribution is -2.04. The van der Waals surface area contributed by atoms with Crippen LogP contribution in [0, 0.1) is 0 Å². The van der Waals surface area contributed by atoms with Crippen molar-refractivity contribution < 1.29 is 9.47 Å². The lowest BCUT2D eigenvalue weighted by Gasteiger charge is -2.12. The van der Waals surface area contributed by atoms with Gasteiger partial charge in [-0.2, -0.15) is 0 Å². The van der Waals surface area contributed by atoms with Crippen molar-refractivity contribution in [2.75, 3.05) is 11.5 Å². The largest absolute Gasteiger partial charge is 0.457 e. The van der Waals surface area contributed by atoms with E-state index >= 15 is 0 Å². The minimum atomic E-state index is 0.466. The van der Waals surface area contributed by atoms with Crippen molar-refractivity contribution in [1.29, 1.82) is 0 Å². The Morgan fingerprint density at radius 2 is 0.982 bits per heavy atom. The number of nitrogen functional groups attached to an aromatic ring is 2. The maximum Gasteiger partial charge on any atom is 0.146 e. The van der Waals surface area contributed by atoms with E-state index in [0.29, 0.717) is 23.7 Å². The first-order chi connectivity index (χ1) is 27.6. The number of rotatable bonds is 8. The Hall–Kier alpha value is -6.68. The molecule has 4 N–H and O–H groups in total. The Morgan fingerprint density at radius 1 is 0.482 bits per heavy atom. The van der Waals surface area contributed by atoms with Gasteiger partial charge in [-0.25, -0.2) is 19.9 Å². The highest BCUT2D eigenvalue weighted by Gasteiger charge is 2.25. The molecule has 280 valence electrons. The lowest BCUT2D eigenvalue weighted by molar-refractivity contribution is 0.483. The number of aromatic nitrogens is 6.